The van der Waals surface area contributed by atoms with E-state index < -0.39 is 0 Å². The van der Waals surface area contributed by atoms with Gasteiger partial charge in [0, 0.05) is 22.9 Å². The molecule has 1 fully saturated rings. The monoisotopic (exact) mass is 311 g/mol. The summed E-state index contributed by atoms with van der Waals surface area (Å²) in [4.78, 5) is 5.05. The van der Waals surface area contributed by atoms with Crippen LogP contribution in [0.5, 0.6) is 0 Å². The summed E-state index contributed by atoms with van der Waals surface area (Å²) in [6.45, 7) is 2.27. The van der Waals surface area contributed by atoms with E-state index in [1.807, 2.05) is 11.8 Å². The molecule has 0 amide bonds. The second kappa shape index (κ2) is 6.07. The molecule has 0 atom stereocenters. The van der Waals surface area contributed by atoms with E-state index in [0.717, 1.165) is 25.9 Å². The minimum atomic E-state index is 0.0852. The lowest BCUT2D eigenvalue weighted by Crippen LogP contribution is -2.35. The summed E-state index contributed by atoms with van der Waals surface area (Å²) in [6, 6.07) is 17.3. The van der Waals surface area contributed by atoms with E-state index in [2.05, 4.69) is 60.5 Å². The van der Waals surface area contributed by atoms with Gasteiger partial charge < -0.3 is 9.64 Å². The van der Waals surface area contributed by atoms with Crippen molar-refractivity contribution in [3.8, 4) is 0 Å². The summed E-state index contributed by atoms with van der Waals surface area (Å²) < 4.78 is 6.59. The van der Waals surface area contributed by atoms with Crippen molar-refractivity contribution >= 4 is 11.8 Å². The van der Waals surface area contributed by atoms with E-state index in [1.165, 1.54) is 20.9 Å². The number of nitrogens with zero attached hydrogens (tertiary/aromatic N) is 1. The van der Waals surface area contributed by atoms with Gasteiger partial charge in [-0.25, -0.2) is 0 Å². The Morgan fingerprint density at radius 3 is 2.05 bits per heavy atom. The van der Waals surface area contributed by atoms with Crippen molar-refractivity contribution in [3.05, 3.63) is 59.7 Å². The van der Waals surface area contributed by atoms with Crippen LogP contribution in [0.3, 0.4) is 0 Å². The van der Waals surface area contributed by atoms with Crippen LogP contribution in [0.15, 0.2) is 58.3 Å². The first-order valence-corrected chi connectivity index (χ1v) is 8.82. The minimum absolute atomic E-state index is 0.0852. The molecule has 2 aliphatic rings. The number of hydrogen-bond acceptors (Lipinski definition) is 3. The van der Waals surface area contributed by atoms with Crippen LogP contribution in [0, 0.1) is 0 Å². The number of ether oxygens (including phenoxy) is 1. The van der Waals surface area contributed by atoms with Crippen LogP contribution < -0.4 is 0 Å². The van der Waals surface area contributed by atoms with Gasteiger partial charge in [-0.2, -0.15) is 0 Å². The van der Waals surface area contributed by atoms with E-state index in [4.69, 9.17) is 4.74 Å². The second-order valence-electron chi connectivity index (χ2n) is 6.20. The predicted molar refractivity (Wildman–Crippen MR) is 90.5 cm³/mol. The van der Waals surface area contributed by atoms with Crippen LogP contribution in [-0.4, -0.2) is 31.1 Å². The van der Waals surface area contributed by atoms with Crippen LogP contribution in [0.4, 0.5) is 0 Å². The fourth-order valence-electron chi connectivity index (χ4n) is 3.33. The molecule has 2 aliphatic heterocycles. The third kappa shape index (κ3) is 2.69. The zero-order valence-corrected chi connectivity index (χ0v) is 13.7. The highest BCUT2D eigenvalue weighted by molar-refractivity contribution is 7.99. The maximum Gasteiger partial charge on any atom is 0.110 e. The summed E-state index contributed by atoms with van der Waals surface area (Å²) in [7, 11) is 2.19. The first kappa shape index (κ1) is 14.3. The third-order valence-electron chi connectivity index (χ3n) is 4.62. The van der Waals surface area contributed by atoms with Gasteiger partial charge in [0.05, 0.1) is 6.10 Å². The molecule has 3 heteroatoms. The Morgan fingerprint density at radius 1 is 0.909 bits per heavy atom. The van der Waals surface area contributed by atoms with Crippen molar-refractivity contribution in [3.63, 3.8) is 0 Å². The average molecular weight is 311 g/mol. The summed E-state index contributed by atoms with van der Waals surface area (Å²) in [6.07, 6.45) is 2.71. The Balaban J connectivity index is 1.66. The lowest BCUT2D eigenvalue weighted by Gasteiger charge is -2.34. The van der Waals surface area contributed by atoms with Gasteiger partial charge in [0.15, 0.2) is 0 Å². The summed E-state index contributed by atoms with van der Waals surface area (Å²) in [5.74, 6) is 0. The van der Waals surface area contributed by atoms with Crippen LogP contribution in [0.1, 0.15) is 30.1 Å². The van der Waals surface area contributed by atoms with Gasteiger partial charge in [0.1, 0.15) is 6.10 Å². The average Bonchev–Trinajstić information content (AvgIpc) is 2.56. The van der Waals surface area contributed by atoms with E-state index >= 15 is 0 Å². The Bertz CT molecular complexity index is 618. The Morgan fingerprint density at radius 2 is 1.45 bits per heavy atom. The molecule has 22 heavy (non-hydrogen) atoms. The number of likely N-dealkylation sites (tertiary alicyclic amines) is 1. The third-order valence-corrected chi connectivity index (χ3v) is 5.80. The zero-order chi connectivity index (χ0) is 14.9. The van der Waals surface area contributed by atoms with E-state index in [-0.39, 0.29) is 6.10 Å². The van der Waals surface area contributed by atoms with Crippen molar-refractivity contribution in [2.24, 2.45) is 0 Å². The molecule has 0 saturated carbocycles. The Kier molecular flexibility index (Phi) is 3.95. The number of hydrogen-bond donors (Lipinski definition) is 0. The fourth-order valence-corrected chi connectivity index (χ4v) is 4.44. The van der Waals surface area contributed by atoms with Gasteiger partial charge >= 0.3 is 0 Å². The van der Waals surface area contributed by atoms with Gasteiger partial charge in [-0.1, -0.05) is 48.2 Å². The normalized spacial score (nSPS) is 19.7. The lowest BCUT2D eigenvalue weighted by atomic mass is 9.99. The highest BCUT2D eigenvalue weighted by Crippen LogP contribution is 2.46. The van der Waals surface area contributed by atoms with Crippen LogP contribution in [0.25, 0.3) is 0 Å². The largest absolute Gasteiger partial charge is 0.365 e. The predicted octanol–water partition coefficient (Wildman–Crippen LogP) is 4.35. The first-order chi connectivity index (χ1) is 10.8. The minimum Gasteiger partial charge on any atom is -0.365 e. The van der Waals surface area contributed by atoms with Crippen molar-refractivity contribution in [1.29, 1.82) is 0 Å². The zero-order valence-electron chi connectivity index (χ0n) is 12.9. The van der Waals surface area contributed by atoms with Gasteiger partial charge in [0.25, 0.3) is 0 Å². The topological polar surface area (TPSA) is 12.5 Å². The Hall–Kier alpha value is -1.29. The molecular formula is C19H21NOS. The first-order valence-electron chi connectivity index (χ1n) is 8.01. The molecule has 0 aromatic heterocycles. The summed E-state index contributed by atoms with van der Waals surface area (Å²) in [5.41, 5.74) is 2.65. The Labute approximate surface area is 136 Å². The van der Waals surface area contributed by atoms with Gasteiger partial charge in [-0.15, -0.1) is 0 Å². The standard InChI is InChI=1S/C19H21NOS/c1-20-12-10-14(11-13-20)21-19-15-6-2-4-8-17(15)22-18-9-5-3-7-16(18)19/h2-9,14,19H,10-13H2,1H3. The second-order valence-corrected chi connectivity index (χ2v) is 7.28. The smallest absolute Gasteiger partial charge is 0.110 e. The lowest BCUT2D eigenvalue weighted by molar-refractivity contribution is -0.0258. The maximum absolute atomic E-state index is 6.59. The van der Waals surface area contributed by atoms with Gasteiger partial charge in [0.2, 0.25) is 0 Å². The molecule has 2 nitrogen and oxygen atoms in total. The number of benzene rings is 2. The fraction of sp³-hybridized carbons (Fsp3) is 0.368. The van der Waals surface area contributed by atoms with Gasteiger partial charge in [-0.3, -0.25) is 0 Å². The summed E-state index contributed by atoms with van der Waals surface area (Å²) in [5, 5.41) is 0. The summed E-state index contributed by atoms with van der Waals surface area (Å²) >= 11 is 1.86. The number of fused-ring (bicyclic) bond motifs is 2. The maximum atomic E-state index is 6.59. The number of piperidine rings is 1. The van der Waals surface area contributed by atoms with Crippen molar-refractivity contribution < 1.29 is 4.74 Å². The molecule has 4 rings (SSSR count). The molecule has 0 N–H and O–H groups in total. The molecular weight excluding hydrogens is 290 g/mol. The molecule has 0 radical (unpaired) electrons. The van der Waals surface area contributed by atoms with Gasteiger partial charge in [-0.05, 0) is 43.1 Å². The van der Waals surface area contributed by atoms with E-state index in [0.29, 0.717) is 6.10 Å². The van der Waals surface area contributed by atoms with Crippen LogP contribution >= 0.6 is 11.8 Å². The molecule has 114 valence electrons. The molecule has 0 bridgehead atoms. The van der Waals surface area contributed by atoms with E-state index in [1.54, 1.807) is 0 Å². The quantitative estimate of drug-likeness (QED) is 0.818. The highest BCUT2D eigenvalue weighted by Gasteiger charge is 2.29. The van der Waals surface area contributed by atoms with Crippen molar-refractivity contribution in [2.75, 3.05) is 20.1 Å². The molecule has 2 heterocycles. The van der Waals surface area contributed by atoms with Crippen LogP contribution in [-0.2, 0) is 4.74 Å². The highest BCUT2D eigenvalue weighted by atomic mass is 32.2. The molecule has 0 spiro atoms. The molecule has 0 unspecified atom stereocenters. The molecule has 0 aliphatic carbocycles. The SMILES string of the molecule is CN1CCC(OC2c3ccccc3Sc3ccccc32)CC1. The van der Waals surface area contributed by atoms with Crippen molar-refractivity contribution in [1.82, 2.24) is 4.90 Å². The number of rotatable bonds is 2. The van der Waals surface area contributed by atoms with E-state index in [9.17, 15) is 0 Å². The molecule has 1 saturated heterocycles. The van der Waals surface area contributed by atoms with Crippen LogP contribution in [0.2, 0.25) is 0 Å². The van der Waals surface area contributed by atoms with Crippen molar-refractivity contribution in [2.45, 2.75) is 34.8 Å². The molecule has 2 aromatic rings. The molecule has 2 aromatic carbocycles.